The lowest BCUT2D eigenvalue weighted by Gasteiger charge is -2.13. The molecule has 0 aliphatic rings. The maximum absolute atomic E-state index is 12.6. The van der Waals surface area contributed by atoms with Gasteiger partial charge in [0.1, 0.15) is 12.4 Å². The van der Waals surface area contributed by atoms with E-state index in [1.165, 1.54) is 16.2 Å². The van der Waals surface area contributed by atoms with Crippen molar-refractivity contribution >= 4 is 62.3 Å². The van der Waals surface area contributed by atoms with Crippen LogP contribution < -0.4 is 9.47 Å². The second-order valence-corrected chi connectivity index (χ2v) is 9.55. The van der Waals surface area contributed by atoms with E-state index < -0.39 is 0 Å². The zero-order valence-corrected chi connectivity index (χ0v) is 21.0. The number of aryl methyl sites for hydroxylation is 1. The molecule has 3 aromatic rings. The fourth-order valence-corrected chi connectivity index (χ4v) is 5.37. The van der Waals surface area contributed by atoms with E-state index in [-0.39, 0.29) is 12.4 Å². The molecule has 0 saturated carbocycles. The van der Waals surface area contributed by atoms with Crippen molar-refractivity contribution in [2.24, 2.45) is 0 Å². The first kappa shape index (κ1) is 23.9. The van der Waals surface area contributed by atoms with Crippen LogP contribution in [0.25, 0.3) is 6.08 Å². The van der Waals surface area contributed by atoms with Crippen molar-refractivity contribution in [3.05, 3.63) is 83.9 Å². The zero-order chi connectivity index (χ0) is 22.4. The molecule has 0 saturated heterocycles. The van der Waals surface area contributed by atoms with Crippen LogP contribution in [0.3, 0.4) is 0 Å². The molecule has 1 aromatic heterocycles. The number of hydrogen-bond donors (Lipinski definition) is 0. The topological polar surface area (TPSA) is 35.5 Å². The molecule has 1 heterocycles. The van der Waals surface area contributed by atoms with Crippen LogP contribution in [-0.4, -0.2) is 12.9 Å². The first-order chi connectivity index (χ1) is 14.9. The highest BCUT2D eigenvalue weighted by molar-refractivity contribution is 9.10. The molecule has 3 rings (SSSR count). The van der Waals surface area contributed by atoms with E-state index in [0.717, 1.165) is 33.3 Å². The second-order valence-electron chi connectivity index (χ2n) is 6.74. The van der Waals surface area contributed by atoms with Gasteiger partial charge in [0, 0.05) is 14.9 Å². The van der Waals surface area contributed by atoms with Crippen LogP contribution in [0.1, 0.15) is 39.0 Å². The number of ether oxygens (including phenoxy) is 2. The average molecular weight is 540 g/mol. The molecule has 0 radical (unpaired) electrons. The molecule has 0 aliphatic carbocycles. The van der Waals surface area contributed by atoms with Crippen LogP contribution in [0.15, 0.2) is 53.0 Å². The molecule has 0 spiro atoms. The van der Waals surface area contributed by atoms with Gasteiger partial charge in [-0.2, -0.15) is 0 Å². The number of benzene rings is 2. The van der Waals surface area contributed by atoms with Crippen molar-refractivity contribution < 1.29 is 14.3 Å². The zero-order valence-electron chi connectivity index (χ0n) is 17.1. The molecule has 3 nitrogen and oxygen atoms in total. The van der Waals surface area contributed by atoms with Gasteiger partial charge >= 0.3 is 0 Å². The molecule has 0 amide bonds. The van der Waals surface area contributed by atoms with Crippen LogP contribution in [0.4, 0.5) is 0 Å². The van der Waals surface area contributed by atoms with Gasteiger partial charge in [0.25, 0.3) is 0 Å². The Bertz CT molecular complexity index is 1090. The summed E-state index contributed by atoms with van der Waals surface area (Å²) >= 11 is 17.4. The third-order valence-electron chi connectivity index (χ3n) is 4.50. The molecule has 7 heteroatoms. The van der Waals surface area contributed by atoms with Gasteiger partial charge in [-0.3, -0.25) is 4.79 Å². The van der Waals surface area contributed by atoms with Crippen molar-refractivity contribution in [2.75, 3.05) is 7.11 Å². The standard InChI is InChI=1S/C24H21BrCl2O3S/c1-3-5-22-17(25)13-23(31-22)20(28)10-8-15-9-11-21(29-2)16(12-15)14-30-24-18(26)6-4-7-19(24)27/h4,6-13H,3,5,14H2,1-2H3/b10-8+. The second kappa shape index (κ2) is 11.2. The number of ketones is 1. The van der Waals surface area contributed by atoms with Crippen molar-refractivity contribution in [1.29, 1.82) is 0 Å². The molecular weight excluding hydrogens is 519 g/mol. The average Bonchev–Trinajstić information content (AvgIpc) is 3.12. The molecule has 0 unspecified atom stereocenters. The van der Waals surface area contributed by atoms with Gasteiger partial charge < -0.3 is 9.47 Å². The summed E-state index contributed by atoms with van der Waals surface area (Å²) in [5.74, 6) is 1.08. The highest BCUT2D eigenvalue weighted by atomic mass is 79.9. The van der Waals surface area contributed by atoms with Crippen molar-refractivity contribution in [1.82, 2.24) is 0 Å². The SMILES string of the molecule is CCCc1sc(C(=O)/C=C/c2ccc(OC)c(COc3c(Cl)cccc3Cl)c2)cc1Br. The number of thiophene rings is 1. The molecule has 0 N–H and O–H groups in total. The van der Waals surface area contributed by atoms with E-state index in [1.54, 1.807) is 37.5 Å². The Morgan fingerprint density at radius 2 is 1.90 bits per heavy atom. The summed E-state index contributed by atoms with van der Waals surface area (Å²) in [6.45, 7) is 2.35. The largest absolute Gasteiger partial charge is 0.496 e. The van der Waals surface area contributed by atoms with Gasteiger partial charge in [-0.25, -0.2) is 0 Å². The summed E-state index contributed by atoms with van der Waals surface area (Å²) in [5.41, 5.74) is 1.68. The summed E-state index contributed by atoms with van der Waals surface area (Å²) in [6, 6.07) is 12.7. The van der Waals surface area contributed by atoms with Gasteiger partial charge in [0.15, 0.2) is 11.5 Å². The molecule has 0 atom stereocenters. The summed E-state index contributed by atoms with van der Waals surface area (Å²) in [5, 5.41) is 0.885. The van der Waals surface area contributed by atoms with Crippen molar-refractivity contribution in [3.8, 4) is 11.5 Å². The highest BCUT2D eigenvalue weighted by Crippen LogP contribution is 2.34. The Kier molecular flexibility index (Phi) is 8.61. The molecule has 0 fully saturated rings. The Morgan fingerprint density at radius 1 is 1.16 bits per heavy atom. The first-order valence-electron chi connectivity index (χ1n) is 9.67. The number of carbonyl (C=O) groups is 1. The number of para-hydroxylation sites is 1. The number of allylic oxidation sites excluding steroid dienone is 1. The minimum Gasteiger partial charge on any atom is -0.496 e. The predicted octanol–water partition coefficient (Wildman–Crippen LogP) is 8.25. The Morgan fingerprint density at radius 3 is 2.58 bits per heavy atom. The van der Waals surface area contributed by atoms with Crippen LogP contribution in [0, 0.1) is 0 Å². The fourth-order valence-electron chi connectivity index (χ4n) is 2.96. The third kappa shape index (κ3) is 6.13. The molecule has 0 bridgehead atoms. The minimum absolute atomic E-state index is 0.0236. The molecule has 31 heavy (non-hydrogen) atoms. The van der Waals surface area contributed by atoms with Gasteiger partial charge in [-0.1, -0.05) is 54.8 Å². The number of hydrogen-bond acceptors (Lipinski definition) is 4. The van der Waals surface area contributed by atoms with Crippen LogP contribution >= 0.6 is 50.5 Å². The minimum atomic E-state index is -0.0236. The summed E-state index contributed by atoms with van der Waals surface area (Å²) in [6.07, 6.45) is 5.38. The normalized spacial score (nSPS) is 11.1. The summed E-state index contributed by atoms with van der Waals surface area (Å²) in [7, 11) is 1.60. The maximum Gasteiger partial charge on any atom is 0.195 e. The third-order valence-corrected chi connectivity index (χ3v) is 7.27. The van der Waals surface area contributed by atoms with Crippen LogP contribution in [0.2, 0.25) is 10.0 Å². The molecule has 2 aromatic carbocycles. The quantitative estimate of drug-likeness (QED) is 0.203. The van der Waals surface area contributed by atoms with Gasteiger partial charge in [0.05, 0.1) is 22.0 Å². The maximum atomic E-state index is 12.6. The predicted molar refractivity (Wildman–Crippen MR) is 133 cm³/mol. The van der Waals surface area contributed by atoms with E-state index >= 15 is 0 Å². The van der Waals surface area contributed by atoms with E-state index in [0.29, 0.717) is 21.5 Å². The van der Waals surface area contributed by atoms with Crippen molar-refractivity contribution in [2.45, 2.75) is 26.4 Å². The molecular formula is C24H21BrCl2O3S. The lowest BCUT2D eigenvalue weighted by Crippen LogP contribution is -2.00. The monoisotopic (exact) mass is 538 g/mol. The van der Waals surface area contributed by atoms with Gasteiger partial charge in [-0.05, 0) is 64.3 Å². The lowest BCUT2D eigenvalue weighted by molar-refractivity contribution is 0.105. The Hall–Kier alpha value is -1.79. The summed E-state index contributed by atoms with van der Waals surface area (Å²) in [4.78, 5) is 14.5. The van der Waals surface area contributed by atoms with E-state index in [1.807, 2.05) is 24.3 Å². The lowest BCUT2D eigenvalue weighted by atomic mass is 10.1. The Balaban J connectivity index is 1.76. The molecule has 0 aliphatic heterocycles. The first-order valence-corrected chi connectivity index (χ1v) is 12.0. The number of rotatable bonds is 9. The Labute approximate surface area is 204 Å². The van der Waals surface area contributed by atoms with Crippen LogP contribution in [-0.2, 0) is 13.0 Å². The van der Waals surface area contributed by atoms with Gasteiger partial charge in [-0.15, -0.1) is 11.3 Å². The van der Waals surface area contributed by atoms with Crippen molar-refractivity contribution in [3.63, 3.8) is 0 Å². The number of carbonyl (C=O) groups excluding carboxylic acids is 1. The smallest absolute Gasteiger partial charge is 0.195 e. The van der Waals surface area contributed by atoms with E-state index in [4.69, 9.17) is 32.7 Å². The van der Waals surface area contributed by atoms with E-state index in [9.17, 15) is 4.79 Å². The number of halogens is 3. The van der Waals surface area contributed by atoms with E-state index in [2.05, 4.69) is 22.9 Å². The summed E-state index contributed by atoms with van der Waals surface area (Å²) < 4.78 is 12.3. The fraction of sp³-hybridized carbons (Fsp3) is 0.208. The number of methoxy groups -OCH3 is 1. The molecule has 162 valence electrons. The van der Waals surface area contributed by atoms with Gasteiger partial charge in [0.2, 0.25) is 0 Å². The van der Waals surface area contributed by atoms with Crippen LogP contribution in [0.5, 0.6) is 11.5 Å². The highest BCUT2D eigenvalue weighted by Gasteiger charge is 2.12.